The zero-order chi connectivity index (χ0) is 26.3. The molecule has 36 heavy (non-hydrogen) atoms. The smallest absolute Gasteiger partial charge is 0.335 e. The zero-order valence-corrected chi connectivity index (χ0v) is 18.8. The van der Waals surface area contributed by atoms with Gasteiger partial charge in [-0.2, -0.15) is 0 Å². The summed E-state index contributed by atoms with van der Waals surface area (Å²) < 4.78 is 27.0. The minimum Gasteiger partial charge on any atom is -0.507 e. The van der Waals surface area contributed by atoms with Crippen LogP contribution in [0, 0.1) is 0 Å². The van der Waals surface area contributed by atoms with Gasteiger partial charge in [0, 0.05) is 12.1 Å². The summed E-state index contributed by atoms with van der Waals surface area (Å²) in [5.41, 5.74) is -1.12. The fourth-order valence-electron chi connectivity index (χ4n) is 3.88. The lowest BCUT2D eigenvalue weighted by molar-refractivity contribution is -0.271. The number of aliphatic hydroxyl groups excluding tert-OH is 3. The van der Waals surface area contributed by atoms with Gasteiger partial charge in [-0.1, -0.05) is 6.07 Å². The first-order valence-corrected chi connectivity index (χ1v) is 10.4. The Hall–Kier alpha value is -4.04. The minimum atomic E-state index is -1.94. The van der Waals surface area contributed by atoms with E-state index < -0.39 is 53.6 Å². The van der Waals surface area contributed by atoms with Gasteiger partial charge in [-0.3, -0.25) is 4.79 Å². The molecule has 4 rings (SSSR count). The Morgan fingerprint density at radius 2 is 1.67 bits per heavy atom. The molecule has 0 bridgehead atoms. The van der Waals surface area contributed by atoms with Crippen molar-refractivity contribution in [1.82, 2.24) is 0 Å². The number of phenolic OH excluding ortho intramolecular Hbond substituents is 2. The molecule has 5 atom stereocenters. The largest absolute Gasteiger partial charge is 0.507 e. The van der Waals surface area contributed by atoms with E-state index in [1.807, 2.05) is 0 Å². The Kier molecular flexibility index (Phi) is 6.65. The van der Waals surface area contributed by atoms with Crippen LogP contribution >= 0.6 is 0 Å². The maximum atomic E-state index is 12.9. The summed E-state index contributed by atoms with van der Waals surface area (Å²) in [4.78, 5) is 24.3. The van der Waals surface area contributed by atoms with Gasteiger partial charge in [-0.05, 0) is 12.1 Å². The molecule has 1 fully saturated rings. The van der Waals surface area contributed by atoms with Gasteiger partial charge in [0.25, 0.3) is 0 Å². The number of phenols is 2. The highest BCUT2D eigenvalue weighted by Crippen LogP contribution is 2.44. The average molecular weight is 506 g/mol. The van der Waals surface area contributed by atoms with Crippen LogP contribution in [0.15, 0.2) is 39.5 Å². The van der Waals surface area contributed by atoms with Crippen LogP contribution in [0.1, 0.15) is 0 Å². The quantitative estimate of drug-likeness (QED) is 0.264. The number of aromatic hydroxyl groups is 2. The number of benzene rings is 2. The standard InChI is InChI=1S/C23H22O13/c1-32-13-7-10(26)14-9(25)6-12(34-20(14)19(13)33-2)15-8(24)4-3-5-11(15)35-23-18(29)16(27)17(28)21(36-23)22(30)31/h3-7,16-18,21,23-24,26-29H,1-2H3,(H,30,31)/t16-,17-,18+,21-,23+/m0/s1. The van der Waals surface area contributed by atoms with Gasteiger partial charge in [-0.25, -0.2) is 4.79 Å². The SMILES string of the molecule is COc1cc(O)c2c(=O)cc(-c3c(O)cccc3O[C@@H]3O[C@H](C(=O)O)[C@@H](O)[C@H](O)[C@H]3O)oc2c1OC. The van der Waals surface area contributed by atoms with Crippen molar-refractivity contribution < 1.29 is 58.8 Å². The molecule has 1 aliphatic rings. The minimum absolute atomic E-state index is 0.0189. The number of fused-ring (bicyclic) bond motifs is 1. The number of hydrogen-bond acceptors (Lipinski definition) is 12. The van der Waals surface area contributed by atoms with Gasteiger partial charge in [-0.15, -0.1) is 0 Å². The van der Waals surface area contributed by atoms with Crippen LogP contribution in [0.5, 0.6) is 28.7 Å². The number of carboxylic acids is 1. The second-order valence-corrected chi connectivity index (χ2v) is 7.81. The molecule has 2 aromatic carbocycles. The zero-order valence-electron chi connectivity index (χ0n) is 18.8. The van der Waals surface area contributed by atoms with Crippen LogP contribution in [-0.4, -0.2) is 81.5 Å². The van der Waals surface area contributed by atoms with Gasteiger partial charge < -0.3 is 54.0 Å². The van der Waals surface area contributed by atoms with Gasteiger partial charge in [0.05, 0.1) is 14.2 Å². The summed E-state index contributed by atoms with van der Waals surface area (Å²) in [6, 6.07) is 6.02. The third-order valence-electron chi connectivity index (χ3n) is 5.63. The molecule has 6 N–H and O–H groups in total. The number of rotatable bonds is 6. The normalized spacial score (nSPS) is 23.9. The molecular weight excluding hydrogens is 484 g/mol. The number of aliphatic hydroxyl groups is 3. The second kappa shape index (κ2) is 9.54. The topological polar surface area (TPSA) is 206 Å². The van der Waals surface area contributed by atoms with Crippen molar-refractivity contribution in [2.24, 2.45) is 0 Å². The van der Waals surface area contributed by atoms with Crippen molar-refractivity contribution >= 4 is 16.9 Å². The molecule has 3 aromatic rings. The summed E-state index contributed by atoms with van der Waals surface area (Å²) in [5.74, 6) is -2.95. The number of ether oxygens (including phenoxy) is 4. The van der Waals surface area contributed by atoms with E-state index in [2.05, 4.69) is 0 Å². The summed E-state index contributed by atoms with van der Waals surface area (Å²) in [6.07, 6.45) is -9.46. The predicted octanol–water partition coefficient (Wildman–Crippen LogP) is 0.159. The summed E-state index contributed by atoms with van der Waals surface area (Å²) in [7, 11) is 2.60. The molecule has 13 nitrogen and oxygen atoms in total. The van der Waals surface area contributed by atoms with E-state index >= 15 is 0 Å². The fraction of sp³-hybridized carbons (Fsp3) is 0.304. The van der Waals surface area contributed by atoms with Crippen LogP contribution in [-0.2, 0) is 9.53 Å². The third kappa shape index (κ3) is 4.13. The third-order valence-corrected chi connectivity index (χ3v) is 5.63. The van der Waals surface area contributed by atoms with E-state index in [1.54, 1.807) is 0 Å². The summed E-state index contributed by atoms with van der Waals surface area (Å²) >= 11 is 0. The monoisotopic (exact) mass is 506 g/mol. The fourth-order valence-corrected chi connectivity index (χ4v) is 3.88. The maximum absolute atomic E-state index is 12.9. The number of aliphatic carboxylic acids is 1. The van der Waals surface area contributed by atoms with E-state index in [0.717, 1.165) is 6.07 Å². The van der Waals surface area contributed by atoms with Crippen molar-refractivity contribution in [2.45, 2.75) is 30.7 Å². The van der Waals surface area contributed by atoms with Crippen molar-refractivity contribution in [3.8, 4) is 40.1 Å². The van der Waals surface area contributed by atoms with Crippen LogP contribution in [0.2, 0.25) is 0 Å². The second-order valence-electron chi connectivity index (χ2n) is 7.81. The van der Waals surface area contributed by atoms with Crippen molar-refractivity contribution in [3.05, 3.63) is 40.6 Å². The lowest BCUT2D eigenvalue weighted by Gasteiger charge is -2.38. The van der Waals surface area contributed by atoms with E-state index in [9.17, 15) is 40.2 Å². The molecule has 1 saturated heterocycles. The highest BCUT2D eigenvalue weighted by molar-refractivity contribution is 5.92. The molecule has 0 radical (unpaired) electrons. The average Bonchev–Trinajstić information content (AvgIpc) is 2.83. The molecule has 0 saturated carbocycles. The van der Waals surface area contributed by atoms with Crippen LogP contribution in [0.25, 0.3) is 22.3 Å². The Morgan fingerprint density at radius 1 is 0.944 bits per heavy atom. The lowest BCUT2D eigenvalue weighted by atomic mass is 9.99. The van der Waals surface area contributed by atoms with Crippen LogP contribution < -0.4 is 19.6 Å². The van der Waals surface area contributed by atoms with Crippen molar-refractivity contribution in [3.63, 3.8) is 0 Å². The Labute approximate surface area is 201 Å². The molecule has 0 amide bonds. The molecular formula is C23H22O13. The van der Waals surface area contributed by atoms with Crippen molar-refractivity contribution in [1.29, 1.82) is 0 Å². The predicted molar refractivity (Wildman–Crippen MR) is 119 cm³/mol. The van der Waals surface area contributed by atoms with Crippen LogP contribution in [0.3, 0.4) is 0 Å². The van der Waals surface area contributed by atoms with E-state index in [-0.39, 0.29) is 39.5 Å². The molecule has 2 heterocycles. The van der Waals surface area contributed by atoms with E-state index in [4.69, 9.17) is 23.4 Å². The molecule has 0 spiro atoms. The van der Waals surface area contributed by atoms with E-state index in [1.165, 1.54) is 38.5 Å². The molecule has 13 heteroatoms. The summed E-state index contributed by atoms with van der Waals surface area (Å²) in [5, 5.41) is 60.2. The van der Waals surface area contributed by atoms with Crippen LogP contribution in [0.4, 0.5) is 0 Å². The number of methoxy groups -OCH3 is 2. The number of carboxylic acid groups (broad SMARTS) is 1. The highest BCUT2D eigenvalue weighted by atomic mass is 16.7. The van der Waals surface area contributed by atoms with Gasteiger partial charge in [0.1, 0.15) is 52.3 Å². The highest BCUT2D eigenvalue weighted by Gasteiger charge is 2.48. The summed E-state index contributed by atoms with van der Waals surface area (Å²) in [6.45, 7) is 0. The van der Waals surface area contributed by atoms with Gasteiger partial charge in [0.15, 0.2) is 22.9 Å². The Balaban J connectivity index is 1.85. The molecule has 0 aliphatic carbocycles. The first-order valence-electron chi connectivity index (χ1n) is 10.4. The van der Waals surface area contributed by atoms with E-state index in [0.29, 0.717) is 0 Å². The maximum Gasteiger partial charge on any atom is 0.335 e. The molecule has 192 valence electrons. The lowest BCUT2D eigenvalue weighted by Crippen LogP contribution is -2.61. The molecule has 1 aliphatic heterocycles. The number of carbonyl (C=O) groups is 1. The number of hydrogen-bond donors (Lipinski definition) is 6. The molecule has 1 aromatic heterocycles. The van der Waals surface area contributed by atoms with Gasteiger partial charge >= 0.3 is 5.97 Å². The van der Waals surface area contributed by atoms with Gasteiger partial charge in [0.2, 0.25) is 12.0 Å². The first-order chi connectivity index (χ1) is 17.1. The Morgan fingerprint density at radius 3 is 2.31 bits per heavy atom. The Bertz CT molecular complexity index is 1360. The molecule has 0 unspecified atom stereocenters. The van der Waals surface area contributed by atoms with Crippen molar-refractivity contribution in [2.75, 3.05) is 14.2 Å². The first kappa shape index (κ1) is 25.1.